The Bertz CT molecular complexity index is 493. The summed E-state index contributed by atoms with van der Waals surface area (Å²) in [6.45, 7) is 5.75. The molecular formula is C15H22ClNO4. The second-order valence-electron chi connectivity index (χ2n) is 5.36. The molecule has 1 saturated heterocycles. The van der Waals surface area contributed by atoms with Gasteiger partial charge in [0.25, 0.3) is 0 Å². The Hall–Kier alpha value is -1.01. The lowest BCUT2D eigenvalue weighted by Crippen LogP contribution is -2.30. The van der Waals surface area contributed by atoms with E-state index in [1.807, 2.05) is 26.0 Å². The van der Waals surface area contributed by atoms with Crippen LogP contribution in [0.3, 0.4) is 0 Å². The zero-order valence-corrected chi connectivity index (χ0v) is 13.6. The summed E-state index contributed by atoms with van der Waals surface area (Å²) in [6, 6.07) is 3.77. The molecule has 1 N–H and O–H groups in total. The topological polar surface area (TPSA) is 49.0 Å². The summed E-state index contributed by atoms with van der Waals surface area (Å²) in [7, 11) is 3.16. The molecule has 0 radical (unpaired) electrons. The van der Waals surface area contributed by atoms with E-state index in [4.69, 9.17) is 30.5 Å². The van der Waals surface area contributed by atoms with E-state index in [1.165, 1.54) is 0 Å². The molecule has 1 aliphatic rings. The number of methoxy groups -OCH3 is 2. The van der Waals surface area contributed by atoms with Crippen molar-refractivity contribution in [1.29, 1.82) is 0 Å². The molecule has 0 aromatic heterocycles. The molecule has 1 heterocycles. The van der Waals surface area contributed by atoms with Crippen LogP contribution in [-0.4, -0.2) is 39.3 Å². The highest BCUT2D eigenvalue weighted by Crippen LogP contribution is 2.37. The largest absolute Gasteiger partial charge is 0.493 e. The normalized spacial score (nSPS) is 20.5. The lowest BCUT2D eigenvalue weighted by molar-refractivity contribution is -0.137. The lowest BCUT2D eigenvalue weighted by atomic mass is 10.2. The van der Waals surface area contributed by atoms with Gasteiger partial charge in [0.15, 0.2) is 17.3 Å². The third-order valence-corrected chi connectivity index (χ3v) is 3.73. The fourth-order valence-corrected chi connectivity index (χ4v) is 2.60. The zero-order chi connectivity index (χ0) is 15.5. The minimum atomic E-state index is -0.493. The van der Waals surface area contributed by atoms with Crippen molar-refractivity contribution in [2.75, 3.05) is 27.4 Å². The van der Waals surface area contributed by atoms with Crippen LogP contribution < -0.4 is 14.8 Å². The quantitative estimate of drug-likeness (QED) is 0.874. The molecule has 1 aliphatic heterocycles. The summed E-state index contributed by atoms with van der Waals surface area (Å²) < 4.78 is 21.8. The number of halogens is 1. The van der Waals surface area contributed by atoms with Crippen molar-refractivity contribution < 1.29 is 18.9 Å². The Morgan fingerprint density at radius 3 is 2.67 bits per heavy atom. The highest BCUT2D eigenvalue weighted by Gasteiger charge is 2.32. The molecule has 2 rings (SSSR count). The van der Waals surface area contributed by atoms with Crippen LogP contribution in [0.4, 0.5) is 0 Å². The molecule has 0 saturated carbocycles. The zero-order valence-electron chi connectivity index (χ0n) is 12.9. The molecule has 0 aliphatic carbocycles. The number of rotatable bonds is 6. The molecule has 1 aromatic rings. The Morgan fingerprint density at radius 2 is 2.10 bits per heavy atom. The van der Waals surface area contributed by atoms with E-state index in [2.05, 4.69) is 5.32 Å². The molecule has 21 heavy (non-hydrogen) atoms. The molecular weight excluding hydrogens is 294 g/mol. The second-order valence-corrected chi connectivity index (χ2v) is 5.73. The van der Waals surface area contributed by atoms with E-state index >= 15 is 0 Å². The van der Waals surface area contributed by atoms with Crippen molar-refractivity contribution in [2.45, 2.75) is 32.3 Å². The summed E-state index contributed by atoms with van der Waals surface area (Å²) >= 11 is 6.33. The molecule has 0 amide bonds. The average molecular weight is 316 g/mol. The van der Waals surface area contributed by atoms with Crippen molar-refractivity contribution in [3.8, 4) is 11.5 Å². The van der Waals surface area contributed by atoms with E-state index in [1.54, 1.807) is 14.2 Å². The van der Waals surface area contributed by atoms with Gasteiger partial charge in [-0.1, -0.05) is 17.7 Å². The third-order valence-electron chi connectivity index (χ3n) is 3.32. The maximum absolute atomic E-state index is 6.33. The number of benzene rings is 1. The third kappa shape index (κ3) is 4.01. The molecule has 1 fully saturated rings. The van der Waals surface area contributed by atoms with Crippen LogP contribution in [0.5, 0.6) is 11.5 Å². The van der Waals surface area contributed by atoms with Crippen molar-refractivity contribution >= 4 is 11.6 Å². The molecule has 1 unspecified atom stereocenters. The van der Waals surface area contributed by atoms with Gasteiger partial charge >= 0.3 is 0 Å². The van der Waals surface area contributed by atoms with Crippen LogP contribution in [-0.2, 0) is 16.0 Å². The van der Waals surface area contributed by atoms with E-state index in [-0.39, 0.29) is 6.10 Å². The monoisotopic (exact) mass is 315 g/mol. The Morgan fingerprint density at radius 1 is 1.33 bits per heavy atom. The standard InChI is InChI=1S/C15H22ClNO4/c1-15(2)20-9-11(21-15)8-17-7-10-5-6-12(18-3)14(19-4)13(10)16/h5-6,11,17H,7-9H2,1-4H3. The van der Waals surface area contributed by atoms with Crippen molar-refractivity contribution in [1.82, 2.24) is 5.32 Å². The summed E-state index contributed by atoms with van der Waals surface area (Å²) in [6.07, 6.45) is 0.0546. The minimum Gasteiger partial charge on any atom is -0.493 e. The van der Waals surface area contributed by atoms with Crippen LogP contribution in [0, 0.1) is 0 Å². The summed E-state index contributed by atoms with van der Waals surface area (Å²) in [5.41, 5.74) is 0.951. The number of nitrogens with one attached hydrogen (secondary N) is 1. The summed E-state index contributed by atoms with van der Waals surface area (Å²) in [5.74, 6) is 0.688. The van der Waals surface area contributed by atoms with Crippen LogP contribution in [0.15, 0.2) is 12.1 Å². The van der Waals surface area contributed by atoms with E-state index in [9.17, 15) is 0 Å². The highest BCUT2D eigenvalue weighted by molar-refractivity contribution is 6.33. The molecule has 0 spiro atoms. The van der Waals surface area contributed by atoms with Crippen molar-refractivity contribution in [3.63, 3.8) is 0 Å². The molecule has 6 heteroatoms. The summed E-state index contributed by atoms with van der Waals surface area (Å²) in [5, 5.41) is 3.89. The highest BCUT2D eigenvalue weighted by atomic mass is 35.5. The van der Waals surface area contributed by atoms with Crippen molar-refractivity contribution in [3.05, 3.63) is 22.7 Å². The van der Waals surface area contributed by atoms with E-state index in [0.717, 1.165) is 5.56 Å². The molecule has 1 atom stereocenters. The predicted octanol–water partition coefficient (Wildman–Crippen LogP) is 2.60. The van der Waals surface area contributed by atoms with E-state index < -0.39 is 5.79 Å². The lowest BCUT2D eigenvalue weighted by Gasteiger charge is -2.17. The second kappa shape index (κ2) is 6.83. The molecule has 5 nitrogen and oxygen atoms in total. The number of ether oxygens (including phenoxy) is 4. The predicted molar refractivity (Wildman–Crippen MR) is 81.2 cm³/mol. The van der Waals surface area contributed by atoms with Gasteiger partial charge in [0.1, 0.15) is 0 Å². The van der Waals surface area contributed by atoms with Gasteiger partial charge in [0.2, 0.25) is 0 Å². The van der Waals surface area contributed by atoms with Crippen LogP contribution >= 0.6 is 11.6 Å². The molecule has 0 bridgehead atoms. The SMILES string of the molecule is COc1ccc(CNCC2COC(C)(C)O2)c(Cl)c1OC. The maximum Gasteiger partial charge on any atom is 0.179 e. The van der Waals surface area contributed by atoms with Gasteiger partial charge in [-0.3, -0.25) is 0 Å². The Kier molecular flexibility index (Phi) is 5.32. The van der Waals surface area contributed by atoms with Crippen LogP contribution in [0.1, 0.15) is 19.4 Å². The number of hydrogen-bond donors (Lipinski definition) is 1. The van der Waals surface area contributed by atoms with Crippen LogP contribution in [0.25, 0.3) is 0 Å². The fourth-order valence-electron chi connectivity index (χ4n) is 2.30. The summed E-state index contributed by atoms with van der Waals surface area (Å²) in [4.78, 5) is 0. The molecule has 1 aromatic carbocycles. The average Bonchev–Trinajstić information content (AvgIpc) is 2.79. The van der Waals surface area contributed by atoms with Gasteiger partial charge in [0, 0.05) is 13.1 Å². The van der Waals surface area contributed by atoms with Gasteiger partial charge in [-0.2, -0.15) is 0 Å². The van der Waals surface area contributed by atoms with Gasteiger partial charge in [-0.25, -0.2) is 0 Å². The van der Waals surface area contributed by atoms with Gasteiger partial charge < -0.3 is 24.3 Å². The van der Waals surface area contributed by atoms with E-state index in [0.29, 0.717) is 36.2 Å². The van der Waals surface area contributed by atoms with Crippen LogP contribution in [0.2, 0.25) is 5.02 Å². The van der Waals surface area contributed by atoms with Crippen molar-refractivity contribution in [2.24, 2.45) is 0 Å². The first kappa shape index (κ1) is 16.4. The Balaban J connectivity index is 1.92. The first-order chi connectivity index (χ1) is 9.96. The first-order valence-corrected chi connectivity index (χ1v) is 7.26. The van der Waals surface area contributed by atoms with Gasteiger partial charge in [-0.05, 0) is 25.5 Å². The fraction of sp³-hybridized carbons (Fsp3) is 0.600. The maximum atomic E-state index is 6.33. The minimum absolute atomic E-state index is 0.0546. The Labute approximate surface area is 130 Å². The smallest absolute Gasteiger partial charge is 0.179 e. The first-order valence-electron chi connectivity index (χ1n) is 6.88. The number of hydrogen-bond acceptors (Lipinski definition) is 5. The van der Waals surface area contributed by atoms with Gasteiger partial charge in [-0.15, -0.1) is 0 Å². The van der Waals surface area contributed by atoms with Gasteiger partial charge in [0.05, 0.1) is 32.0 Å². The molecule has 118 valence electrons.